The monoisotopic (exact) mass is 307 g/mol. The number of nitrogens with one attached hydrogen (secondary N) is 2. The minimum Gasteiger partial charge on any atom is -0.368 e. The number of piperidine rings is 1. The molecule has 2 N–H and O–H groups in total. The summed E-state index contributed by atoms with van der Waals surface area (Å²) in [6.07, 6.45) is 4.69. The summed E-state index contributed by atoms with van der Waals surface area (Å²) < 4.78 is 5.45. The van der Waals surface area contributed by atoms with Gasteiger partial charge in [-0.3, -0.25) is 9.78 Å². The minimum atomic E-state index is -0.700. The highest BCUT2D eigenvalue weighted by Crippen LogP contribution is 2.24. The van der Waals surface area contributed by atoms with E-state index in [0.29, 0.717) is 12.8 Å². The van der Waals surface area contributed by atoms with E-state index in [1.807, 2.05) is 0 Å². The normalized spacial score (nSPS) is 16.7. The Balaban J connectivity index is 0.00000162. The molecule has 1 aromatic rings. The lowest BCUT2D eigenvalue weighted by molar-refractivity contribution is -0.140. The van der Waals surface area contributed by atoms with Gasteiger partial charge in [-0.25, -0.2) is 0 Å². The number of carbonyl (C=O) groups is 1. The number of carbonyl (C=O) groups excluding carboxylic acids is 1. The maximum atomic E-state index is 12.2. The molecule has 0 atom stereocenters. The minimum absolute atomic E-state index is 0. The van der Waals surface area contributed by atoms with Crippen LogP contribution in [-0.4, -0.2) is 36.7 Å². The molecule has 19 heavy (non-hydrogen) atoms. The molecule has 1 fully saturated rings. The largest absolute Gasteiger partial charge is 0.368 e. The number of aromatic nitrogens is 1. The third-order valence-corrected chi connectivity index (χ3v) is 3.15. The SMILES string of the molecule is COC1(C(=O)Nc2ccncc2)CCNCC1.Cl.Cl. The molecule has 2 heterocycles. The molecule has 1 aliphatic rings. The van der Waals surface area contributed by atoms with E-state index in [-0.39, 0.29) is 30.7 Å². The van der Waals surface area contributed by atoms with Gasteiger partial charge in [0, 0.05) is 25.2 Å². The number of pyridine rings is 1. The van der Waals surface area contributed by atoms with E-state index in [1.54, 1.807) is 31.6 Å². The van der Waals surface area contributed by atoms with E-state index in [0.717, 1.165) is 18.8 Å². The fraction of sp³-hybridized carbons (Fsp3) is 0.500. The molecule has 0 spiro atoms. The maximum absolute atomic E-state index is 12.2. The lowest BCUT2D eigenvalue weighted by Gasteiger charge is -2.34. The molecule has 1 saturated heterocycles. The Kier molecular flexibility index (Phi) is 7.94. The van der Waals surface area contributed by atoms with Crippen molar-refractivity contribution in [1.29, 1.82) is 0 Å². The fourth-order valence-corrected chi connectivity index (χ4v) is 2.03. The van der Waals surface area contributed by atoms with Crippen LogP contribution in [0, 0.1) is 0 Å². The van der Waals surface area contributed by atoms with Gasteiger partial charge in [-0.15, -0.1) is 24.8 Å². The quantitative estimate of drug-likeness (QED) is 0.891. The van der Waals surface area contributed by atoms with Crippen LogP contribution in [0.1, 0.15) is 12.8 Å². The summed E-state index contributed by atoms with van der Waals surface area (Å²) in [5, 5.41) is 6.09. The van der Waals surface area contributed by atoms with Gasteiger partial charge in [-0.1, -0.05) is 0 Å². The van der Waals surface area contributed by atoms with Gasteiger partial charge in [0.15, 0.2) is 0 Å². The van der Waals surface area contributed by atoms with Gasteiger partial charge >= 0.3 is 0 Å². The van der Waals surface area contributed by atoms with Crippen LogP contribution < -0.4 is 10.6 Å². The molecule has 5 nitrogen and oxygen atoms in total. The highest BCUT2D eigenvalue weighted by atomic mass is 35.5. The summed E-state index contributed by atoms with van der Waals surface area (Å²) in [6.45, 7) is 1.61. The molecule has 108 valence electrons. The van der Waals surface area contributed by atoms with E-state index in [2.05, 4.69) is 15.6 Å². The number of methoxy groups -OCH3 is 1. The molecule has 1 amide bonds. The standard InChI is InChI=1S/C12H17N3O2.2ClH/c1-17-12(4-8-14-9-5-12)11(16)15-10-2-6-13-7-3-10;;/h2-3,6-7,14H,4-5,8-9H2,1H3,(H,13,15,16);2*1H. The number of nitrogens with zero attached hydrogens (tertiary/aromatic N) is 1. The van der Waals surface area contributed by atoms with Gasteiger partial charge in [0.1, 0.15) is 5.60 Å². The summed E-state index contributed by atoms with van der Waals surface area (Å²) in [5.74, 6) is -0.0762. The summed E-state index contributed by atoms with van der Waals surface area (Å²) in [5.41, 5.74) is 0.0501. The maximum Gasteiger partial charge on any atom is 0.256 e. The second-order valence-corrected chi connectivity index (χ2v) is 4.14. The molecule has 1 aliphatic heterocycles. The zero-order valence-electron chi connectivity index (χ0n) is 10.7. The Bertz CT molecular complexity index is 384. The molecular weight excluding hydrogens is 289 g/mol. The van der Waals surface area contributed by atoms with E-state index >= 15 is 0 Å². The van der Waals surface area contributed by atoms with Crippen molar-refractivity contribution in [3.63, 3.8) is 0 Å². The Hall–Kier alpha value is -0.880. The van der Waals surface area contributed by atoms with Crippen molar-refractivity contribution in [2.75, 3.05) is 25.5 Å². The van der Waals surface area contributed by atoms with Crippen LogP contribution in [-0.2, 0) is 9.53 Å². The van der Waals surface area contributed by atoms with Crippen LogP contribution in [0.5, 0.6) is 0 Å². The van der Waals surface area contributed by atoms with Gasteiger partial charge in [0.25, 0.3) is 5.91 Å². The van der Waals surface area contributed by atoms with Crippen molar-refractivity contribution >= 4 is 36.4 Å². The molecule has 0 aliphatic carbocycles. The Morgan fingerprint density at radius 3 is 2.42 bits per heavy atom. The number of ether oxygens (including phenoxy) is 1. The number of hydrogen-bond donors (Lipinski definition) is 2. The van der Waals surface area contributed by atoms with Crippen molar-refractivity contribution in [2.24, 2.45) is 0 Å². The van der Waals surface area contributed by atoms with Crippen molar-refractivity contribution in [2.45, 2.75) is 18.4 Å². The van der Waals surface area contributed by atoms with Crippen LogP contribution >= 0.6 is 24.8 Å². The number of rotatable bonds is 3. The van der Waals surface area contributed by atoms with Gasteiger partial charge in [-0.2, -0.15) is 0 Å². The summed E-state index contributed by atoms with van der Waals surface area (Å²) in [7, 11) is 1.59. The smallest absolute Gasteiger partial charge is 0.256 e. The van der Waals surface area contributed by atoms with Crippen LogP contribution in [0.25, 0.3) is 0 Å². The fourth-order valence-electron chi connectivity index (χ4n) is 2.03. The van der Waals surface area contributed by atoms with Crippen molar-refractivity contribution < 1.29 is 9.53 Å². The second kappa shape index (κ2) is 8.32. The van der Waals surface area contributed by atoms with Gasteiger partial charge in [0.05, 0.1) is 0 Å². The zero-order valence-corrected chi connectivity index (χ0v) is 12.4. The summed E-state index contributed by atoms with van der Waals surface area (Å²) in [6, 6.07) is 3.53. The number of amides is 1. The Morgan fingerprint density at radius 1 is 1.32 bits per heavy atom. The second-order valence-electron chi connectivity index (χ2n) is 4.14. The van der Waals surface area contributed by atoms with Crippen LogP contribution in [0.3, 0.4) is 0 Å². The van der Waals surface area contributed by atoms with Crippen molar-refractivity contribution in [3.05, 3.63) is 24.5 Å². The average molecular weight is 308 g/mol. The third-order valence-electron chi connectivity index (χ3n) is 3.15. The first kappa shape index (κ1) is 18.1. The predicted octanol–water partition coefficient (Wildman–Crippen LogP) is 1.63. The lowest BCUT2D eigenvalue weighted by Crippen LogP contribution is -2.51. The van der Waals surface area contributed by atoms with Crippen LogP contribution in [0.2, 0.25) is 0 Å². The highest BCUT2D eigenvalue weighted by molar-refractivity contribution is 5.97. The van der Waals surface area contributed by atoms with Crippen LogP contribution in [0.4, 0.5) is 5.69 Å². The summed E-state index contributed by atoms with van der Waals surface area (Å²) >= 11 is 0. The predicted molar refractivity (Wildman–Crippen MR) is 79.2 cm³/mol. The molecule has 7 heteroatoms. The number of halogens is 2. The molecule has 0 radical (unpaired) electrons. The number of hydrogen-bond acceptors (Lipinski definition) is 4. The molecule has 0 bridgehead atoms. The zero-order chi connectivity index (χ0) is 12.1. The first-order valence-corrected chi connectivity index (χ1v) is 5.74. The number of anilines is 1. The third kappa shape index (κ3) is 4.31. The van der Waals surface area contributed by atoms with Gasteiger partial charge in [0.2, 0.25) is 0 Å². The summed E-state index contributed by atoms with van der Waals surface area (Å²) in [4.78, 5) is 16.1. The topological polar surface area (TPSA) is 63.2 Å². The lowest BCUT2D eigenvalue weighted by atomic mass is 9.91. The van der Waals surface area contributed by atoms with E-state index in [1.165, 1.54) is 0 Å². The Labute approximate surface area is 125 Å². The first-order chi connectivity index (χ1) is 8.27. The van der Waals surface area contributed by atoms with E-state index in [9.17, 15) is 4.79 Å². The van der Waals surface area contributed by atoms with Crippen molar-refractivity contribution in [1.82, 2.24) is 10.3 Å². The molecule has 2 rings (SSSR count). The van der Waals surface area contributed by atoms with E-state index in [4.69, 9.17) is 4.74 Å². The highest BCUT2D eigenvalue weighted by Gasteiger charge is 2.39. The first-order valence-electron chi connectivity index (χ1n) is 5.74. The van der Waals surface area contributed by atoms with E-state index < -0.39 is 5.60 Å². The van der Waals surface area contributed by atoms with Crippen molar-refractivity contribution in [3.8, 4) is 0 Å². The molecule has 1 aromatic heterocycles. The Morgan fingerprint density at radius 2 is 1.89 bits per heavy atom. The van der Waals surface area contributed by atoms with Gasteiger partial charge < -0.3 is 15.4 Å². The molecule has 0 saturated carbocycles. The molecule has 0 aromatic carbocycles. The van der Waals surface area contributed by atoms with Crippen LogP contribution in [0.15, 0.2) is 24.5 Å². The molecule has 0 unspecified atom stereocenters. The molecular formula is C12H19Cl2N3O2. The van der Waals surface area contributed by atoms with Gasteiger partial charge in [-0.05, 0) is 38.1 Å². The average Bonchev–Trinajstić information content (AvgIpc) is 2.40.